The molecule has 1 aliphatic rings. The topological polar surface area (TPSA) is 0 Å². The number of allylic oxidation sites excluding steroid dienone is 7. The van der Waals surface area contributed by atoms with E-state index in [1.54, 1.807) is 0 Å². The molecule has 0 unspecified atom stereocenters. The summed E-state index contributed by atoms with van der Waals surface area (Å²) in [5, 5.41) is 0. The number of hydrogen-bond acceptors (Lipinski definition) is 1. The second-order valence-electron chi connectivity index (χ2n) is 8.92. The van der Waals surface area contributed by atoms with E-state index >= 15 is 0 Å². The van der Waals surface area contributed by atoms with Gasteiger partial charge in [0.05, 0.1) is 0 Å². The van der Waals surface area contributed by atoms with E-state index in [2.05, 4.69) is 77.6 Å². The summed E-state index contributed by atoms with van der Waals surface area (Å²) in [4.78, 5) is 1.09. The summed E-state index contributed by atoms with van der Waals surface area (Å²) in [6.45, 7) is 15.1. The van der Waals surface area contributed by atoms with Gasteiger partial charge in [0, 0.05) is 4.86 Å². The summed E-state index contributed by atoms with van der Waals surface area (Å²) in [6.07, 6.45) is 15.5. The lowest BCUT2D eigenvalue weighted by atomic mass is 9.78. The number of hydrogen-bond donors (Lipinski definition) is 0. The highest BCUT2D eigenvalue weighted by atomic mass is 32.1. The average molecular weight is 393 g/mol. The third-order valence-corrected chi connectivity index (χ3v) is 5.83. The van der Waals surface area contributed by atoms with Crippen molar-refractivity contribution >= 4 is 22.7 Å². The predicted molar refractivity (Wildman–Crippen MR) is 130 cm³/mol. The molecule has 0 nitrogen and oxygen atoms in total. The molecule has 0 saturated carbocycles. The van der Waals surface area contributed by atoms with Crippen LogP contribution in [0.25, 0.3) is 5.57 Å². The molecule has 0 aromatic heterocycles. The minimum atomic E-state index is 0.0905. The highest BCUT2D eigenvalue weighted by Gasteiger charge is 2.23. The van der Waals surface area contributed by atoms with Crippen molar-refractivity contribution < 1.29 is 0 Å². The van der Waals surface area contributed by atoms with E-state index in [1.807, 2.05) is 6.08 Å². The fourth-order valence-electron chi connectivity index (χ4n) is 3.58. The summed E-state index contributed by atoms with van der Waals surface area (Å²) in [5.41, 5.74) is 8.03. The van der Waals surface area contributed by atoms with E-state index in [4.69, 9.17) is 12.2 Å². The molecule has 0 amide bonds. The molecule has 1 aliphatic carbocycles. The van der Waals surface area contributed by atoms with Gasteiger partial charge in [0.2, 0.25) is 0 Å². The summed E-state index contributed by atoms with van der Waals surface area (Å²) >= 11 is 5.79. The summed E-state index contributed by atoms with van der Waals surface area (Å²) in [5.74, 6) is 0. The van der Waals surface area contributed by atoms with Crippen LogP contribution in [-0.2, 0) is 11.8 Å². The van der Waals surface area contributed by atoms with Crippen LogP contribution in [0, 0.1) is 0 Å². The number of rotatable bonds is 7. The van der Waals surface area contributed by atoms with E-state index in [0.29, 0.717) is 0 Å². The Labute approximate surface area is 178 Å². The van der Waals surface area contributed by atoms with Crippen LogP contribution in [-0.4, -0.2) is 4.86 Å². The molecule has 0 saturated heterocycles. The standard InChI is InChI=1S/C27H36S/c1-7-9-10-11-21-14-16-23(25(19-21)27(4,5)6)24-18-22(15-17-26(24)28)13-12-20(3)8-2/h8,12-14,16,18-19H,2,7,9-11,15,17H2,1,3-6H3/b20-12-,22-13+. The second-order valence-corrected chi connectivity index (χ2v) is 9.42. The number of aryl methyl sites for hydroxylation is 1. The summed E-state index contributed by atoms with van der Waals surface area (Å²) < 4.78 is 0. The monoisotopic (exact) mass is 392 g/mol. The molecule has 1 aromatic rings. The Hall–Kier alpha value is -1.73. The molecule has 0 radical (unpaired) electrons. The van der Waals surface area contributed by atoms with Crippen molar-refractivity contribution in [1.29, 1.82) is 0 Å². The molecular weight excluding hydrogens is 356 g/mol. The Morgan fingerprint density at radius 2 is 1.93 bits per heavy atom. The van der Waals surface area contributed by atoms with Gasteiger partial charge in [-0.1, -0.05) is 107 Å². The Bertz CT molecular complexity index is 809. The van der Waals surface area contributed by atoms with Crippen molar-refractivity contribution in [3.63, 3.8) is 0 Å². The molecule has 0 bridgehead atoms. The number of thiocarbonyl (C=S) groups is 1. The van der Waals surface area contributed by atoms with Crippen molar-refractivity contribution in [3.05, 3.63) is 76.9 Å². The Kier molecular flexibility index (Phi) is 8.19. The van der Waals surface area contributed by atoms with Gasteiger partial charge in [-0.05, 0) is 65.9 Å². The zero-order valence-electron chi connectivity index (χ0n) is 18.4. The molecule has 0 aliphatic heterocycles. The van der Waals surface area contributed by atoms with Gasteiger partial charge in [0.1, 0.15) is 0 Å². The van der Waals surface area contributed by atoms with Gasteiger partial charge in [-0.2, -0.15) is 0 Å². The average Bonchev–Trinajstić information content (AvgIpc) is 2.66. The molecular formula is C27H36S. The van der Waals surface area contributed by atoms with Crippen LogP contribution in [0.15, 0.2) is 60.2 Å². The lowest BCUT2D eigenvalue weighted by Gasteiger charge is -2.27. The van der Waals surface area contributed by atoms with Crippen LogP contribution in [0.3, 0.4) is 0 Å². The fraction of sp³-hybridized carbons (Fsp3) is 0.444. The van der Waals surface area contributed by atoms with E-state index < -0.39 is 0 Å². The van der Waals surface area contributed by atoms with Crippen LogP contribution < -0.4 is 0 Å². The van der Waals surface area contributed by atoms with E-state index in [9.17, 15) is 0 Å². The maximum Gasteiger partial charge on any atom is 0.0234 e. The Balaban J connectivity index is 2.47. The van der Waals surface area contributed by atoms with Crippen molar-refractivity contribution in [2.24, 2.45) is 0 Å². The molecule has 1 aromatic carbocycles. The predicted octanol–water partition coefficient (Wildman–Crippen LogP) is 8.32. The van der Waals surface area contributed by atoms with Crippen LogP contribution in [0.5, 0.6) is 0 Å². The quantitative estimate of drug-likeness (QED) is 0.255. The molecule has 0 atom stereocenters. The first kappa shape index (κ1) is 22.6. The van der Waals surface area contributed by atoms with Crippen molar-refractivity contribution in [1.82, 2.24) is 0 Å². The molecule has 0 fully saturated rings. The first-order chi connectivity index (χ1) is 13.3. The molecule has 0 heterocycles. The highest BCUT2D eigenvalue weighted by Crippen LogP contribution is 2.36. The molecule has 150 valence electrons. The third kappa shape index (κ3) is 6.14. The normalized spacial score (nSPS) is 17.0. The third-order valence-electron chi connectivity index (χ3n) is 5.40. The van der Waals surface area contributed by atoms with Gasteiger partial charge in [-0.25, -0.2) is 0 Å². The van der Waals surface area contributed by atoms with Crippen LogP contribution in [0.4, 0.5) is 0 Å². The maximum atomic E-state index is 5.79. The molecule has 1 heteroatoms. The van der Waals surface area contributed by atoms with Crippen LogP contribution >= 0.6 is 12.2 Å². The zero-order chi connectivity index (χ0) is 20.7. The van der Waals surface area contributed by atoms with Gasteiger partial charge >= 0.3 is 0 Å². The SMILES string of the molecule is C=C/C(C)=C\C=C1\C=C(c2ccc(CCCCC)cc2C(C)(C)C)C(=S)CC1. The second kappa shape index (κ2) is 10.2. The minimum absolute atomic E-state index is 0.0905. The molecule has 2 rings (SSSR count). The largest absolute Gasteiger partial charge is 0.0988 e. The zero-order valence-corrected chi connectivity index (χ0v) is 19.2. The van der Waals surface area contributed by atoms with E-state index in [1.165, 1.54) is 52.7 Å². The van der Waals surface area contributed by atoms with Crippen molar-refractivity contribution in [3.8, 4) is 0 Å². The molecule has 0 spiro atoms. The minimum Gasteiger partial charge on any atom is -0.0988 e. The van der Waals surface area contributed by atoms with Crippen molar-refractivity contribution in [2.75, 3.05) is 0 Å². The van der Waals surface area contributed by atoms with Gasteiger partial charge in [-0.15, -0.1) is 0 Å². The van der Waals surface area contributed by atoms with Gasteiger partial charge in [0.15, 0.2) is 0 Å². The number of benzene rings is 1. The summed E-state index contributed by atoms with van der Waals surface area (Å²) in [6, 6.07) is 7.05. The van der Waals surface area contributed by atoms with Crippen LogP contribution in [0.1, 0.15) is 83.4 Å². The Morgan fingerprint density at radius 1 is 1.18 bits per heavy atom. The van der Waals surface area contributed by atoms with Crippen molar-refractivity contribution in [2.45, 2.75) is 78.6 Å². The van der Waals surface area contributed by atoms with Crippen LogP contribution in [0.2, 0.25) is 0 Å². The summed E-state index contributed by atoms with van der Waals surface area (Å²) in [7, 11) is 0. The first-order valence-corrected chi connectivity index (χ1v) is 11.1. The van der Waals surface area contributed by atoms with Gasteiger partial charge in [-0.3, -0.25) is 0 Å². The fourth-order valence-corrected chi connectivity index (χ4v) is 3.85. The maximum absolute atomic E-state index is 5.79. The van der Waals surface area contributed by atoms with Gasteiger partial charge < -0.3 is 0 Å². The van der Waals surface area contributed by atoms with Gasteiger partial charge in [0.25, 0.3) is 0 Å². The molecule has 0 N–H and O–H groups in total. The van der Waals surface area contributed by atoms with E-state index in [0.717, 1.165) is 24.1 Å². The highest BCUT2D eigenvalue weighted by molar-refractivity contribution is 7.81. The number of unbranched alkanes of at least 4 members (excludes halogenated alkanes) is 2. The first-order valence-electron chi connectivity index (χ1n) is 10.6. The lowest BCUT2D eigenvalue weighted by Crippen LogP contribution is -2.17. The van der Waals surface area contributed by atoms with E-state index in [-0.39, 0.29) is 5.41 Å². The molecule has 28 heavy (non-hydrogen) atoms. The Morgan fingerprint density at radius 3 is 2.57 bits per heavy atom. The lowest BCUT2D eigenvalue weighted by molar-refractivity contribution is 0.587. The smallest absolute Gasteiger partial charge is 0.0234 e.